The summed E-state index contributed by atoms with van der Waals surface area (Å²) in [5, 5.41) is 2.64. The molecule has 2 aromatic rings. The van der Waals surface area contributed by atoms with Crippen molar-refractivity contribution < 1.29 is 32.8 Å². The summed E-state index contributed by atoms with van der Waals surface area (Å²) in [5.41, 5.74) is -1.34. The number of imide groups is 1. The van der Waals surface area contributed by atoms with Crippen LogP contribution in [0.25, 0.3) is 0 Å². The minimum Gasteiger partial charge on any atom is -0.329 e. The van der Waals surface area contributed by atoms with E-state index in [4.69, 9.17) is 4.84 Å². The molecule has 3 amide bonds. The minimum absolute atomic E-state index is 0.106. The molecule has 3 rings (SSSR count). The summed E-state index contributed by atoms with van der Waals surface area (Å²) in [6, 6.07) is 8.49. The number of fused-ring (bicyclic) bond motifs is 1. The van der Waals surface area contributed by atoms with Gasteiger partial charge in [0.25, 0.3) is 11.8 Å². The van der Waals surface area contributed by atoms with E-state index in [1.54, 1.807) is 12.1 Å². The highest BCUT2D eigenvalue weighted by molar-refractivity contribution is 6.21. The van der Waals surface area contributed by atoms with Gasteiger partial charge >= 0.3 is 5.97 Å². The number of amides is 3. The van der Waals surface area contributed by atoms with Gasteiger partial charge in [0.1, 0.15) is 11.6 Å². The fraction of sp³-hybridized carbons (Fsp3) is 0.200. The summed E-state index contributed by atoms with van der Waals surface area (Å²) < 4.78 is 26.4. The number of benzene rings is 2. The number of carbonyl (C=O) groups is 4. The van der Waals surface area contributed by atoms with Crippen LogP contribution in [0.15, 0.2) is 42.5 Å². The van der Waals surface area contributed by atoms with Crippen LogP contribution in [-0.2, 0) is 14.4 Å². The average molecular weight is 402 g/mol. The zero-order valence-corrected chi connectivity index (χ0v) is 15.5. The number of nitrogens with zero attached hydrogens (tertiary/aromatic N) is 1. The van der Waals surface area contributed by atoms with Gasteiger partial charge in [-0.25, -0.2) is 13.6 Å². The third-order valence-electron chi connectivity index (χ3n) is 4.23. The molecule has 0 aliphatic carbocycles. The molecule has 0 unspecified atom stereocenters. The van der Waals surface area contributed by atoms with Crippen molar-refractivity contribution in [1.82, 2.24) is 5.06 Å². The zero-order chi connectivity index (χ0) is 21.3. The van der Waals surface area contributed by atoms with Crippen molar-refractivity contribution in [3.63, 3.8) is 0 Å². The molecule has 0 radical (unpaired) electrons. The van der Waals surface area contributed by atoms with Gasteiger partial charge in [-0.15, -0.1) is 0 Å². The lowest BCUT2D eigenvalue weighted by molar-refractivity contribution is -0.180. The summed E-state index contributed by atoms with van der Waals surface area (Å²) in [4.78, 5) is 54.2. The van der Waals surface area contributed by atoms with Crippen molar-refractivity contribution in [1.29, 1.82) is 0 Å². The summed E-state index contributed by atoms with van der Waals surface area (Å²) in [6.07, 6.45) is -0.423. The summed E-state index contributed by atoms with van der Waals surface area (Å²) in [7, 11) is 0. The Morgan fingerprint density at radius 3 is 2.03 bits per heavy atom. The molecule has 7 nitrogen and oxygen atoms in total. The average Bonchev–Trinajstić information content (AvgIpc) is 2.85. The number of nitrogens with one attached hydrogen (secondary N) is 1. The van der Waals surface area contributed by atoms with Gasteiger partial charge in [0.15, 0.2) is 0 Å². The Balaban J connectivity index is 1.66. The molecular weight excluding hydrogens is 386 g/mol. The molecular formula is C20H16F2N2O5. The lowest BCUT2D eigenvalue weighted by Gasteiger charge is -2.23. The largest absolute Gasteiger partial charge is 0.339 e. The summed E-state index contributed by atoms with van der Waals surface area (Å²) >= 11 is 0. The minimum atomic E-state index is -1.44. The van der Waals surface area contributed by atoms with Gasteiger partial charge in [-0.2, -0.15) is 0 Å². The second-order valence-electron chi connectivity index (χ2n) is 7.10. The maximum Gasteiger partial charge on any atom is 0.339 e. The van der Waals surface area contributed by atoms with Crippen LogP contribution in [0.1, 0.15) is 41.0 Å². The summed E-state index contributed by atoms with van der Waals surface area (Å²) in [5.74, 6) is -5.01. The number of carbonyl (C=O) groups excluding carboxylic acids is 4. The third-order valence-corrected chi connectivity index (χ3v) is 4.23. The van der Waals surface area contributed by atoms with E-state index in [-0.39, 0.29) is 16.8 Å². The van der Waals surface area contributed by atoms with Crippen molar-refractivity contribution >= 4 is 29.4 Å². The lowest BCUT2D eigenvalue weighted by atomic mass is 9.89. The van der Waals surface area contributed by atoms with Gasteiger partial charge in [0.2, 0.25) is 5.91 Å². The Labute approximate surface area is 164 Å². The van der Waals surface area contributed by atoms with Crippen LogP contribution in [0, 0.1) is 17.0 Å². The molecule has 0 atom stereocenters. The SMILES string of the molecule is CC(C)(CC(=O)Nc1cc(F)cc(F)c1)C(=O)ON1C(=O)c2ccccc2C1=O. The molecule has 150 valence electrons. The monoisotopic (exact) mass is 402 g/mol. The molecule has 29 heavy (non-hydrogen) atoms. The Morgan fingerprint density at radius 1 is 1.00 bits per heavy atom. The van der Waals surface area contributed by atoms with Crippen LogP contribution < -0.4 is 5.32 Å². The normalized spacial score (nSPS) is 13.3. The van der Waals surface area contributed by atoms with Crippen LogP contribution in [0.5, 0.6) is 0 Å². The van der Waals surface area contributed by atoms with Crippen LogP contribution in [-0.4, -0.2) is 28.8 Å². The fourth-order valence-corrected chi connectivity index (χ4v) is 2.76. The number of rotatable bonds is 5. The number of anilines is 1. The fourth-order valence-electron chi connectivity index (χ4n) is 2.76. The number of hydrogen-bond acceptors (Lipinski definition) is 5. The first-order chi connectivity index (χ1) is 13.6. The van der Waals surface area contributed by atoms with Gasteiger partial charge in [0, 0.05) is 18.2 Å². The van der Waals surface area contributed by atoms with Crippen molar-refractivity contribution in [2.24, 2.45) is 5.41 Å². The maximum atomic E-state index is 13.2. The highest BCUT2D eigenvalue weighted by atomic mass is 19.1. The van der Waals surface area contributed by atoms with Gasteiger partial charge in [-0.05, 0) is 38.1 Å². The smallest absolute Gasteiger partial charge is 0.329 e. The molecule has 1 aliphatic rings. The van der Waals surface area contributed by atoms with Gasteiger partial charge in [-0.1, -0.05) is 17.2 Å². The molecule has 9 heteroatoms. The van der Waals surface area contributed by atoms with Crippen molar-refractivity contribution in [3.05, 3.63) is 65.2 Å². The van der Waals surface area contributed by atoms with Crippen LogP contribution in [0.3, 0.4) is 0 Å². The van der Waals surface area contributed by atoms with Crippen LogP contribution in [0.2, 0.25) is 0 Å². The topological polar surface area (TPSA) is 92.8 Å². The molecule has 0 fully saturated rings. The van der Waals surface area contributed by atoms with Crippen molar-refractivity contribution in [3.8, 4) is 0 Å². The first kappa shape index (κ1) is 20.1. The number of hydroxylamine groups is 2. The molecule has 0 spiro atoms. The maximum absolute atomic E-state index is 13.2. The van der Waals surface area contributed by atoms with E-state index in [0.717, 1.165) is 12.1 Å². The van der Waals surface area contributed by atoms with Crippen molar-refractivity contribution in [2.45, 2.75) is 20.3 Å². The zero-order valence-electron chi connectivity index (χ0n) is 15.5. The quantitative estimate of drug-likeness (QED) is 0.776. The number of hydrogen-bond donors (Lipinski definition) is 1. The first-order valence-corrected chi connectivity index (χ1v) is 8.54. The molecule has 0 saturated carbocycles. The van der Waals surface area contributed by atoms with E-state index in [1.165, 1.54) is 26.0 Å². The van der Waals surface area contributed by atoms with Gasteiger partial charge in [0.05, 0.1) is 16.5 Å². The molecule has 0 aromatic heterocycles. The second-order valence-corrected chi connectivity index (χ2v) is 7.10. The lowest BCUT2D eigenvalue weighted by Crippen LogP contribution is -2.39. The van der Waals surface area contributed by atoms with E-state index < -0.39 is 47.2 Å². The molecule has 1 N–H and O–H groups in total. The van der Waals surface area contributed by atoms with Crippen LogP contribution >= 0.6 is 0 Å². The van der Waals surface area contributed by atoms with Gasteiger partial charge in [-0.3, -0.25) is 14.4 Å². The Bertz CT molecular complexity index is 980. The Kier molecular flexibility index (Phi) is 5.15. The molecule has 0 bridgehead atoms. The van der Waals surface area contributed by atoms with E-state index >= 15 is 0 Å². The van der Waals surface area contributed by atoms with E-state index in [1.807, 2.05) is 0 Å². The Hall–Kier alpha value is -3.62. The van der Waals surface area contributed by atoms with E-state index in [2.05, 4.69) is 5.32 Å². The standard InChI is InChI=1S/C20H16F2N2O5/c1-20(2,10-16(25)23-13-8-11(21)7-12(22)9-13)19(28)29-24-17(26)14-5-3-4-6-15(14)18(24)27/h3-9H,10H2,1-2H3,(H,23,25). The summed E-state index contributed by atoms with van der Waals surface area (Å²) in [6.45, 7) is 2.75. The Morgan fingerprint density at radius 2 is 1.52 bits per heavy atom. The molecule has 2 aromatic carbocycles. The highest BCUT2D eigenvalue weighted by Gasteiger charge is 2.42. The predicted molar refractivity (Wildman–Crippen MR) is 96.4 cm³/mol. The van der Waals surface area contributed by atoms with E-state index in [0.29, 0.717) is 11.1 Å². The second kappa shape index (κ2) is 7.42. The highest BCUT2D eigenvalue weighted by Crippen LogP contribution is 2.28. The molecule has 1 aliphatic heterocycles. The van der Waals surface area contributed by atoms with E-state index in [9.17, 15) is 28.0 Å². The first-order valence-electron chi connectivity index (χ1n) is 8.54. The third kappa shape index (κ3) is 4.13. The van der Waals surface area contributed by atoms with Crippen LogP contribution in [0.4, 0.5) is 14.5 Å². The van der Waals surface area contributed by atoms with Gasteiger partial charge < -0.3 is 10.2 Å². The molecule has 1 heterocycles. The van der Waals surface area contributed by atoms with Crippen molar-refractivity contribution in [2.75, 3.05) is 5.32 Å². The predicted octanol–water partition coefficient (Wildman–Crippen LogP) is 3.07. The number of halogens is 2. The molecule has 0 saturated heterocycles.